The van der Waals surface area contributed by atoms with E-state index in [2.05, 4.69) is 10.3 Å². The monoisotopic (exact) mass is 420 g/mol. The van der Waals surface area contributed by atoms with Crippen LogP contribution >= 0.6 is 22.9 Å². The number of nitrogens with zero attached hydrogens (tertiary/aromatic N) is 3. The van der Waals surface area contributed by atoms with Crippen molar-refractivity contribution in [1.29, 1.82) is 0 Å². The number of halogens is 1. The summed E-state index contributed by atoms with van der Waals surface area (Å²) in [5, 5.41) is 4.34. The summed E-state index contributed by atoms with van der Waals surface area (Å²) in [6.07, 6.45) is 3.00. The highest BCUT2D eigenvalue weighted by Gasteiger charge is 2.28. The molecule has 0 saturated carbocycles. The number of piperidine rings is 1. The first kappa shape index (κ1) is 20.8. The van der Waals surface area contributed by atoms with E-state index >= 15 is 0 Å². The predicted molar refractivity (Wildman–Crippen MR) is 113 cm³/mol. The van der Waals surface area contributed by atoms with Crippen LogP contribution in [-0.4, -0.2) is 66.9 Å². The molecule has 0 aliphatic carbocycles. The Morgan fingerprint density at radius 3 is 2.68 bits per heavy atom. The van der Waals surface area contributed by atoms with Gasteiger partial charge in [0.15, 0.2) is 0 Å². The van der Waals surface area contributed by atoms with Crippen molar-refractivity contribution in [3.8, 4) is 10.6 Å². The Bertz CT molecular complexity index is 831. The lowest BCUT2D eigenvalue weighted by Crippen LogP contribution is -2.43. The molecule has 0 spiro atoms. The third-order valence-electron chi connectivity index (χ3n) is 4.83. The molecule has 2 amide bonds. The average Bonchev–Trinajstić information content (AvgIpc) is 3.17. The predicted octanol–water partition coefficient (Wildman–Crippen LogP) is 2.99. The van der Waals surface area contributed by atoms with Gasteiger partial charge in [0, 0.05) is 37.7 Å². The van der Waals surface area contributed by atoms with Crippen molar-refractivity contribution in [2.45, 2.75) is 12.8 Å². The fraction of sp³-hybridized carbons (Fsp3) is 0.450. The van der Waals surface area contributed by atoms with Gasteiger partial charge in [-0.2, -0.15) is 0 Å². The molecule has 1 aromatic carbocycles. The van der Waals surface area contributed by atoms with E-state index in [1.54, 1.807) is 6.20 Å². The van der Waals surface area contributed by atoms with Crippen LogP contribution in [0.1, 0.15) is 22.5 Å². The lowest BCUT2D eigenvalue weighted by Gasteiger charge is -2.31. The molecule has 2 aromatic rings. The van der Waals surface area contributed by atoms with Crippen molar-refractivity contribution < 1.29 is 9.59 Å². The van der Waals surface area contributed by atoms with E-state index in [0.29, 0.717) is 42.4 Å². The zero-order valence-electron chi connectivity index (χ0n) is 16.2. The van der Waals surface area contributed by atoms with Crippen molar-refractivity contribution in [1.82, 2.24) is 20.1 Å². The number of benzene rings is 1. The van der Waals surface area contributed by atoms with Gasteiger partial charge in [0.25, 0.3) is 5.91 Å². The Labute approximate surface area is 174 Å². The van der Waals surface area contributed by atoms with Crippen LogP contribution in [0.2, 0.25) is 5.02 Å². The molecule has 1 saturated heterocycles. The van der Waals surface area contributed by atoms with E-state index in [-0.39, 0.29) is 17.7 Å². The smallest absolute Gasteiger partial charge is 0.265 e. The number of rotatable bonds is 6. The quantitative estimate of drug-likeness (QED) is 0.780. The highest BCUT2D eigenvalue weighted by molar-refractivity contribution is 7.17. The molecule has 150 valence electrons. The number of hydrogen-bond acceptors (Lipinski definition) is 5. The lowest BCUT2D eigenvalue weighted by atomic mass is 9.96. The summed E-state index contributed by atoms with van der Waals surface area (Å²) in [7, 11) is 3.96. The molecule has 3 rings (SSSR count). The molecular formula is C20H25ClN4O2S. The van der Waals surface area contributed by atoms with Crippen LogP contribution < -0.4 is 5.32 Å². The zero-order valence-corrected chi connectivity index (χ0v) is 17.7. The molecule has 1 aliphatic heterocycles. The van der Waals surface area contributed by atoms with Crippen molar-refractivity contribution in [2.24, 2.45) is 5.92 Å². The van der Waals surface area contributed by atoms with E-state index < -0.39 is 0 Å². The molecule has 1 aliphatic rings. The summed E-state index contributed by atoms with van der Waals surface area (Å²) in [5.74, 6) is 0.0429. The molecule has 0 atom stereocenters. The van der Waals surface area contributed by atoms with Crippen LogP contribution in [0.5, 0.6) is 0 Å². The number of amides is 2. The number of hydrogen-bond donors (Lipinski definition) is 1. The summed E-state index contributed by atoms with van der Waals surface area (Å²) in [4.78, 5) is 33.9. The maximum absolute atomic E-state index is 12.8. The molecule has 6 nitrogen and oxygen atoms in total. The van der Waals surface area contributed by atoms with Gasteiger partial charge in [-0.25, -0.2) is 4.98 Å². The summed E-state index contributed by atoms with van der Waals surface area (Å²) < 4.78 is 0. The molecule has 2 heterocycles. The SMILES string of the molecule is CN(C)CCNC(=O)C1CCN(C(=O)c2cnc(-c3ccccc3Cl)s2)CC1. The van der Waals surface area contributed by atoms with Crippen LogP contribution in [0.25, 0.3) is 10.6 Å². The van der Waals surface area contributed by atoms with Gasteiger partial charge in [0.1, 0.15) is 9.88 Å². The molecular weight excluding hydrogens is 396 g/mol. The van der Waals surface area contributed by atoms with Crippen molar-refractivity contribution in [3.05, 3.63) is 40.4 Å². The number of likely N-dealkylation sites (tertiary alicyclic amines) is 1. The number of likely N-dealkylation sites (N-methyl/N-ethyl adjacent to an activating group) is 1. The third-order valence-corrected chi connectivity index (χ3v) is 6.18. The maximum Gasteiger partial charge on any atom is 0.265 e. The van der Waals surface area contributed by atoms with Gasteiger partial charge >= 0.3 is 0 Å². The van der Waals surface area contributed by atoms with Crippen molar-refractivity contribution >= 4 is 34.8 Å². The Morgan fingerprint density at radius 2 is 2.00 bits per heavy atom. The Hall–Kier alpha value is -1.96. The summed E-state index contributed by atoms with van der Waals surface area (Å²) in [5.41, 5.74) is 0.835. The van der Waals surface area contributed by atoms with Gasteiger partial charge in [-0.15, -0.1) is 11.3 Å². The van der Waals surface area contributed by atoms with Crippen molar-refractivity contribution in [2.75, 3.05) is 40.3 Å². The van der Waals surface area contributed by atoms with Crippen LogP contribution in [0.4, 0.5) is 0 Å². The normalized spacial score (nSPS) is 15.1. The first-order valence-corrected chi connectivity index (χ1v) is 10.6. The Kier molecular flexibility index (Phi) is 7.04. The molecule has 0 unspecified atom stereocenters. The minimum atomic E-state index is -0.0257. The minimum Gasteiger partial charge on any atom is -0.355 e. The molecule has 1 aromatic heterocycles. The second-order valence-corrected chi connectivity index (χ2v) is 8.61. The Balaban J connectivity index is 1.54. The molecule has 28 heavy (non-hydrogen) atoms. The van der Waals surface area contributed by atoms with Crippen LogP contribution in [0.3, 0.4) is 0 Å². The summed E-state index contributed by atoms with van der Waals surface area (Å²) in [6, 6.07) is 7.48. The fourth-order valence-electron chi connectivity index (χ4n) is 3.18. The summed E-state index contributed by atoms with van der Waals surface area (Å²) >= 11 is 7.58. The molecule has 1 N–H and O–H groups in total. The van der Waals surface area contributed by atoms with Gasteiger partial charge in [-0.3, -0.25) is 9.59 Å². The third kappa shape index (κ3) is 5.10. The first-order chi connectivity index (χ1) is 13.5. The molecule has 0 bridgehead atoms. The van der Waals surface area contributed by atoms with Gasteiger partial charge in [-0.05, 0) is 33.0 Å². The number of thiazole rings is 1. The Morgan fingerprint density at radius 1 is 1.29 bits per heavy atom. The van der Waals surface area contributed by atoms with Gasteiger partial charge in [-0.1, -0.05) is 29.8 Å². The van der Waals surface area contributed by atoms with Crippen LogP contribution in [0.15, 0.2) is 30.5 Å². The van der Waals surface area contributed by atoms with E-state index in [4.69, 9.17) is 11.6 Å². The standard InChI is InChI=1S/C20H25ClN4O2S/c1-24(2)12-9-22-18(26)14-7-10-25(11-8-14)20(27)17-13-23-19(28-17)15-5-3-4-6-16(15)21/h3-6,13-14H,7-12H2,1-2H3,(H,22,26). The van der Waals surface area contributed by atoms with Gasteiger partial charge in [0.05, 0.1) is 11.2 Å². The minimum absolute atomic E-state index is 0.0219. The average molecular weight is 421 g/mol. The number of nitrogens with one attached hydrogen (secondary N) is 1. The first-order valence-electron chi connectivity index (χ1n) is 9.38. The van der Waals surface area contributed by atoms with Crippen LogP contribution in [0, 0.1) is 5.92 Å². The number of carbonyl (C=O) groups excluding carboxylic acids is 2. The lowest BCUT2D eigenvalue weighted by molar-refractivity contribution is -0.126. The molecule has 0 radical (unpaired) electrons. The second kappa shape index (κ2) is 9.49. The van der Waals surface area contributed by atoms with Gasteiger partial charge in [0.2, 0.25) is 5.91 Å². The molecule has 1 fully saturated rings. The fourth-order valence-corrected chi connectivity index (χ4v) is 4.38. The second-order valence-electron chi connectivity index (χ2n) is 7.17. The van der Waals surface area contributed by atoms with Crippen LogP contribution in [-0.2, 0) is 4.79 Å². The van der Waals surface area contributed by atoms with Crippen molar-refractivity contribution in [3.63, 3.8) is 0 Å². The molecule has 8 heteroatoms. The number of aromatic nitrogens is 1. The highest BCUT2D eigenvalue weighted by atomic mass is 35.5. The van der Waals surface area contributed by atoms with E-state index in [9.17, 15) is 9.59 Å². The topological polar surface area (TPSA) is 65.5 Å². The van der Waals surface area contributed by atoms with E-state index in [1.165, 1.54) is 11.3 Å². The zero-order chi connectivity index (χ0) is 20.1. The maximum atomic E-state index is 12.8. The largest absolute Gasteiger partial charge is 0.355 e. The number of carbonyl (C=O) groups is 2. The van der Waals surface area contributed by atoms with E-state index in [1.807, 2.05) is 48.2 Å². The van der Waals surface area contributed by atoms with Gasteiger partial charge < -0.3 is 15.1 Å². The summed E-state index contributed by atoms with van der Waals surface area (Å²) in [6.45, 7) is 2.65. The highest BCUT2D eigenvalue weighted by Crippen LogP contribution is 2.31. The van der Waals surface area contributed by atoms with E-state index in [0.717, 1.165) is 17.1 Å².